The number of carbonyl (C=O) groups is 1. The Kier molecular flexibility index (Phi) is 5.67. The van der Waals surface area contributed by atoms with Crippen molar-refractivity contribution in [1.29, 1.82) is 0 Å². The maximum atomic E-state index is 12.7. The van der Waals surface area contributed by atoms with Crippen LogP contribution in [0.1, 0.15) is 25.3 Å². The number of benzene rings is 3. The van der Waals surface area contributed by atoms with Gasteiger partial charge in [-0.05, 0) is 41.8 Å². The minimum Gasteiger partial charge on any atom is -0.325 e. The van der Waals surface area contributed by atoms with Gasteiger partial charge in [-0.25, -0.2) is 4.98 Å². The van der Waals surface area contributed by atoms with Crippen molar-refractivity contribution in [2.75, 3.05) is 11.1 Å². The highest BCUT2D eigenvalue weighted by molar-refractivity contribution is 7.99. The molecule has 0 aliphatic rings. The lowest BCUT2D eigenvalue weighted by Crippen LogP contribution is -2.16. The highest BCUT2D eigenvalue weighted by atomic mass is 32.2. The molecule has 29 heavy (non-hydrogen) atoms. The van der Waals surface area contributed by atoms with E-state index < -0.39 is 0 Å². The summed E-state index contributed by atoms with van der Waals surface area (Å²) in [6.07, 6.45) is 0. The smallest absolute Gasteiger partial charge is 0.234 e. The van der Waals surface area contributed by atoms with Crippen LogP contribution >= 0.6 is 11.8 Å². The van der Waals surface area contributed by atoms with Crippen molar-refractivity contribution in [3.05, 3.63) is 84.4 Å². The average molecular weight is 402 g/mol. The number of aromatic nitrogens is 2. The van der Waals surface area contributed by atoms with Crippen LogP contribution in [0.4, 0.5) is 5.69 Å². The first-order chi connectivity index (χ1) is 14.1. The van der Waals surface area contributed by atoms with Crippen LogP contribution in [0, 0.1) is 0 Å². The quantitative estimate of drug-likeness (QED) is 0.410. The third kappa shape index (κ3) is 4.20. The fourth-order valence-corrected chi connectivity index (χ4v) is 4.19. The summed E-state index contributed by atoms with van der Waals surface area (Å²) < 4.78 is 2.11. The number of para-hydroxylation sites is 4. The summed E-state index contributed by atoms with van der Waals surface area (Å²) in [4.78, 5) is 17.4. The summed E-state index contributed by atoms with van der Waals surface area (Å²) in [7, 11) is 0. The first-order valence-corrected chi connectivity index (χ1v) is 10.7. The molecule has 0 aliphatic carbocycles. The molecule has 0 aliphatic heterocycles. The molecule has 0 fully saturated rings. The molecular weight excluding hydrogens is 378 g/mol. The zero-order valence-electron chi connectivity index (χ0n) is 16.5. The van der Waals surface area contributed by atoms with Crippen LogP contribution in [-0.2, 0) is 4.79 Å². The number of anilines is 1. The van der Waals surface area contributed by atoms with E-state index in [9.17, 15) is 4.79 Å². The molecule has 0 saturated carbocycles. The molecule has 0 bridgehead atoms. The molecule has 0 radical (unpaired) electrons. The molecule has 3 aromatic carbocycles. The van der Waals surface area contributed by atoms with Gasteiger partial charge in [-0.1, -0.05) is 74.1 Å². The van der Waals surface area contributed by atoms with Crippen LogP contribution in [0.15, 0.2) is 84.0 Å². The second-order valence-electron chi connectivity index (χ2n) is 7.13. The lowest BCUT2D eigenvalue weighted by molar-refractivity contribution is -0.113. The molecule has 1 amide bonds. The number of hydrogen-bond acceptors (Lipinski definition) is 3. The highest BCUT2D eigenvalue weighted by Crippen LogP contribution is 2.28. The molecule has 0 unspecified atom stereocenters. The molecule has 1 N–H and O–H groups in total. The minimum atomic E-state index is -0.0326. The van der Waals surface area contributed by atoms with Gasteiger partial charge in [0.15, 0.2) is 5.16 Å². The number of rotatable bonds is 6. The van der Waals surface area contributed by atoms with Crippen molar-refractivity contribution < 1.29 is 4.79 Å². The summed E-state index contributed by atoms with van der Waals surface area (Å²) in [6.45, 7) is 4.25. The average Bonchev–Trinajstić information content (AvgIpc) is 3.11. The number of nitrogens with one attached hydrogen (secondary N) is 1. The molecule has 146 valence electrons. The Labute approximate surface area is 175 Å². The van der Waals surface area contributed by atoms with E-state index in [0.29, 0.717) is 11.7 Å². The van der Waals surface area contributed by atoms with E-state index in [-0.39, 0.29) is 5.91 Å². The number of amides is 1. The van der Waals surface area contributed by atoms with Gasteiger partial charge in [0.05, 0.1) is 16.8 Å². The van der Waals surface area contributed by atoms with Gasteiger partial charge in [-0.15, -0.1) is 0 Å². The summed E-state index contributed by atoms with van der Waals surface area (Å²) in [5.41, 5.74) is 5.01. The number of hydrogen-bond donors (Lipinski definition) is 1. The predicted molar refractivity (Wildman–Crippen MR) is 121 cm³/mol. The van der Waals surface area contributed by atoms with Crippen molar-refractivity contribution in [1.82, 2.24) is 9.55 Å². The number of thioether (sulfide) groups is 1. The maximum Gasteiger partial charge on any atom is 0.234 e. The van der Waals surface area contributed by atoms with Crippen molar-refractivity contribution in [3.8, 4) is 5.69 Å². The van der Waals surface area contributed by atoms with Crippen molar-refractivity contribution in [3.63, 3.8) is 0 Å². The Bertz CT molecular complexity index is 1140. The molecule has 5 heteroatoms. The Morgan fingerprint density at radius 2 is 1.66 bits per heavy atom. The van der Waals surface area contributed by atoms with Gasteiger partial charge in [-0.2, -0.15) is 0 Å². The minimum absolute atomic E-state index is 0.0326. The van der Waals surface area contributed by atoms with Gasteiger partial charge >= 0.3 is 0 Å². The molecule has 1 heterocycles. The molecule has 0 saturated heterocycles. The van der Waals surface area contributed by atoms with Crippen molar-refractivity contribution >= 4 is 34.4 Å². The topological polar surface area (TPSA) is 46.9 Å². The second-order valence-corrected chi connectivity index (χ2v) is 8.08. The van der Waals surface area contributed by atoms with Crippen molar-refractivity contribution in [2.45, 2.75) is 24.9 Å². The van der Waals surface area contributed by atoms with E-state index in [4.69, 9.17) is 4.98 Å². The Morgan fingerprint density at radius 3 is 2.45 bits per heavy atom. The lowest BCUT2D eigenvalue weighted by Gasteiger charge is -2.13. The summed E-state index contributed by atoms with van der Waals surface area (Å²) in [5, 5.41) is 3.87. The highest BCUT2D eigenvalue weighted by Gasteiger charge is 2.15. The Balaban J connectivity index is 1.57. The SMILES string of the molecule is CC(C)c1ccccc1NC(=O)CSc1nc2ccccc2n1-c1ccccc1. The van der Waals surface area contributed by atoms with Crippen LogP contribution in [-0.4, -0.2) is 21.2 Å². The normalized spacial score (nSPS) is 11.1. The van der Waals surface area contributed by atoms with E-state index in [2.05, 4.69) is 48.0 Å². The number of fused-ring (bicyclic) bond motifs is 1. The Morgan fingerprint density at radius 1 is 0.966 bits per heavy atom. The van der Waals surface area contributed by atoms with E-state index in [1.807, 2.05) is 54.6 Å². The van der Waals surface area contributed by atoms with Gasteiger partial charge < -0.3 is 5.32 Å². The Hall–Kier alpha value is -3.05. The zero-order valence-corrected chi connectivity index (χ0v) is 17.3. The maximum absolute atomic E-state index is 12.7. The van der Waals surface area contributed by atoms with Crippen LogP contribution in [0.3, 0.4) is 0 Å². The zero-order chi connectivity index (χ0) is 20.2. The van der Waals surface area contributed by atoms with E-state index in [0.717, 1.165) is 33.1 Å². The van der Waals surface area contributed by atoms with Gasteiger partial charge in [0.2, 0.25) is 5.91 Å². The molecule has 1 aromatic heterocycles. The van der Waals surface area contributed by atoms with E-state index >= 15 is 0 Å². The second kappa shape index (κ2) is 8.53. The molecule has 4 rings (SSSR count). The fraction of sp³-hybridized carbons (Fsp3) is 0.167. The summed E-state index contributed by atoms with van der Waals surface area (Å²) in [6, 6.07) is 26.1. The van der Waals surface area contributed by atoms with Crippen LogP contribution in [0.5, 0.6) is 0 Å². The number of carbonyl (C=O) groups excluding carboxylic acids is 1. The lowest BCUT2D eigenvalue weighted by atomic mass is 10.0. The van der Waals surface area contributed by atoms with Gasteiger partial charge in [-0.3, -0.25) is 9.36 Å². The number of nitrogens with zero attached hydrogens (tertiary/aromatic N) is 2. The standard InChI is InChI=1S/C24H23N3OS/c1-17(2)19-12-6-7-13-20(19)25-23(28)16-29-24-26-21-14-8-9-15-22(21)27(24)18-10-4-3-5-11-18/h3-15,17H,16H2,1-2H3,(H,25,28). The van der Waals surface area contributed by atoms with Crippen LogP contribution in [0.25, 0.3) is 16.7 Å². The monoisotopic (exact) mass is 401 g/mol. The third-order valence-corrected chi connectivity index (χ3v) is 5.67. The first-order valence-electron chi connectivity index (χ1n) is 9.68. The molecular formula is C24H23N3OS. The third-order valence-electron chi connectivity index (χ3n) is 4.73. The van der Waals surface area contributed by atoms with Crippen LogP contribution < -0.4 is 5.32 Å². The number of imidazole rings is 1. The van der Waals surface area contributed by atoms with Crippen molar-refractivity contribution in [2.24, 2.45) is 0 Å². The van der Waals surface area contributed by atoms with Gasteiger partial charge in [0.25, 0.3) is 0 Å². The summed E-state index contributed by atoms with van der Waals surface area (Å²) in [5.74, 6) is 0.610. The van der Waals surface area contributed by atoms with Gasteiger partial charge in [0.1, 0.15) is 0 Å². The molecule has 4 nitrogen and oxygen atoms in total. The summed E-state index contributed by atoms with van der Waals surface area (Å²) >= 11 is 1.45. The van der Waals surface area contributed by atoms with E-state index in [1.165, 1.54) is 11.8 Å². The molecule has 0 spiro atoms. The predicted octanol–water partition coefficient (Wildman–Crippen LogP) is 5.88. The molecule has 4 aromatic rings. The van der Waals surface area contributed by atoms with Crippen LogP contribution in [0.2, 0.25) is 0 Å². The largest absolute Gasteiger partial charge is 0.325 e. The first kappa shape index (κ1) is 19.3. The van der Waals surface area contributed by atoms with Gasteiger partial charge in [0, 0.05) is 11.4 Å². The van der Waals surface area contributed by atoms with E-state index in [1.54, 1.807) is 0 Å². The molecule has 0 atom stereocenters. The fourth-order valence-electron chi connectivity index (χ4n) is 3.36.